The first-order chi connectivity index (χ1) is 17.6. The van der Waals surface area contributed by atoms with Crippen LogP contribution in [-0.2, 0) is 19.1 Å². The van der Waals surface area contributed by atoms with Crippen LogP contribution in [0.25, 0.3) is 0 Å². The van der Waals surface area contributed by atoms with Gasteiger partial charge < -0.3 is 39.1 Å². The van der Waals surface area contributed by atoms with Crippen LogP contribution >= 0.6 is 0 Å². The Kier molecular flexibility index (Phi) is 8.64. The summed E-state index contributed by atoms with van der Waals surface area (Å²) in [5, 5.41) is 6.29. The Morgan fingerprint density at radius 1 is 0.639 bits per heavy atom. The van der Waals surface area contributed by atoms with Crippen molar-refractivity contribution < 1.29 is 38.0 Å². The van der Waals surface area contributed by atoms with Crippen molar-refractivity contribution in [1.29, 1.82) is 0 Å². The largest absolute Gasteiger partial charge is 0.493 e. The monoisotopic (exact) mass is 498 g/mol. The third kappa shape index (κ3) is 6.46. The number of nitrogens with one attached hydrogen (secondary N) is 2. The second kappa shape index (κ2) is 12.3. The minimum atomic E-state index is -0.666. The van der Waals surface area contributed by atoms with E-state index >= 15 is 0 Å². The van der Waals surface area contributed by atoms with Crippen LogP contribution < -0.4 is 29.6 Å². The summed E-state index contributed by atoms with van der Waals surface area (Å²) >= 11 is 0. The van der Waals surface area contributed by atoms with Gasteiger partial charge in [0.15, 0.2) is 35.2 Å². The molecule has 4 rings (SSSR count). The van der Waals surface area contributed by atoms with E-state index in [4.69, 9.17) is 28.4 Å². The molecule has 0 aliphatic carbocycles. The van der Waals surface area contributed by atoms with Crippen LogP contribution in [0.3, 0.4) is 0 Å². The molecule has 2 aliphatic heterocycles. The zero-order valence-electron chi connectivity index (χ0n) is 20.2. The molecule has 2 N–H and O–H groups in total. The molecular weight excluding hydrogens is 468 g/mol. The van der Waals surface area contributed by atoms with E-state index in [1.54, 1.807) is 38.5 Å². The maximum Gasteiger partial charge on any atom is 0.331 e. The van der Waals surface area contributed by atoms with Crippen LogP contribution in [-0.4, -0.2) is 76.8 Å². The van der Waals surface area contributed by atoms with E-state index in [0.717, 1.165) is 12.2 Å². The highest BCUT2D eigenvalue weighted by molar-refractivity contribution is 5.91. The molecule has 0 radical (unpaired) electrons. The van der Waals surface area contributed by atoms with Crippen LogP contribution in [0.4, 0.5) is 0 Å². The Morgan fingerprint density at radius 3 is 1.39 bits per heavy atom. The molecule has 0 amide bonds. The lowest BCUT2D eigenvalue weighted by Crippen LogP contribution is -2.34. The number of methoxy groups -OCH3 is 2. The average Bonchev–Trinajstić information content (AvgIpc) is 3.52. The molecule has 0 saturated carbocycles. The molecule has 10 heteroatoms. The van der Waals surface area contributed by atoms with Gasteiger partial charge in [-0.05, 0) is 24.3 Å². The molecule has 192 valence electrons. The Bertz CT molecular complexity index is 992. The lowest BCUT2D eigenvalue weighted by molar-refractivity contribution is -0.148. The minimum Gasteiger partial charge on any atom is -0.493 e. The smallest absolute Gasteiger partial charge is 0.331 e. The van der Waals surface area contributed by atoms with E-state index in [1.165, 1.54) is 0 Å². The number of hydrogen-bond donors (Lipinski definition) is 2. The molecule has 2 aromatic carbocycles. The average molecular weight is 499 g/mol. The molecule has 36 heavy (non-hydrogen) atoms. The van der Waals surface area contributed by atoms with Crippen molar-refractivity contribution in [1.82, 2.24) is 10.6 Å². The second-order valence-electron chi connectivity index (χ2n) is 8.21. The summed E-state index contributed by atoms with van der Waals surface area (Å²) < 4.78 is 33.6. The Labute approximate surface area is 209 Å². The van der Waals surface area contributed by atoms with E-state index in [2.05, 4.69) is 10.6 Å². The molecular formula is C26H30N2O8. The maximum absolute atomic E-state index is 12.4. The van der Waals surface area contributed by atoms with Crippen molar-refractivity contribution >= 4 is 11.9 Å². The summed E-state index contributed by atoms with van der Waals surface area (Å²) in [5.41, 5.74) is 0. The molecule has 0 bridgehead atoms. The van der Waals surface area contributed by atoms with Gasteiger partial charge in [-0.1, -0.05) is 24.3 Å². The maximum atomic E-state index is 12.4. The van der Waals surface area contributed by atoms with E-state index < -0.39 is 36.4 Å². The molecule has 2 saturated heterocycles. The first-order valence-corrected chi connectivity index (χ1v) is 11.7. The lowest BCUT2D eigenvalue weighted by Gasteiger charge is -2.21. The molecule has 2 aliphatic rings. The summed E-state index contributed by atoms with van der Waals surface area (Å²) in [7, 11) is 3.12. The summed E-state index contributed by atoms with van der Waals surface area (Å²) in [5.74, 6) is 0.965. The van der Waals surface area contributed by atoms with Gasteiger partial charge >= 0.3 is 11.9 Å². The summed E-state index contributed by atoms with van der Waals surface area (Å²) in [6.45, 7) is 1.87. The van der Waals surface area contributed by atoms with Crippen molar-refractivity contribution in [3.05, 3.63) is 60.7 Å². The van der Waals surface area contributed by atoms with E-state index in [9.17, 15) is 9.59 Å². The normalized spacial score (nSPS) is 23.3. The van der Waals surface area contributed by atoms with Crippen LogP contribution in [0.2, 0.25) is 0 Å². The zero-order chi connectivity index (χ0) is 25.3. The van der Waals surface area contributed by atoms with Gasteiger partial charge in [-0.3, -0.25) is 0 Å². The lowest BCUT2D eigenvalue weighted by atomic mass is 10.2. The first kappa shape index (κ1) is 25.3. The van der Waals surface area contributed by atoms with Crippen molar-refractivity contribution in [3.8, 4) is 23.0 Å². The van der Waals surface area contributed by atoms with Gasteiger partial charge in [0.05, 0.1) is 14.2 Å². The number of hydrogen-bond acceptors (Lipinski definition) is 10. The number of ether oxygens (including phenoxy) is 6. The first-order valence-electron chi connectivity index (χ1n) is 11.7. The quantitative estimate of drug-likeness (QED) is 0.369. The Morgan fingerprint density at radius 2 is 1.00 bits per heavy atom. The van der Waals surface area contributed by atoms with Gasteiger partial charge in [-0.15, -0.1) is 0 Å². The molecule has 4 atom stereocenters. The van der Waals surface area contributed by atoms with Crippen LogP contribution in [0.5, 0.6) is 23.0 Å². The molecule has 4 unspecified atom stereocenters. The van der Waals surface area contributed by atoms with Gasteiger partial charge in [0.1, 0.15) is 12.2 Å². The van der Waals surface area contributed by atoms with Crippen LogP contribution in [0.1, 0.15) is 0 Å². The predicted molar refractivity (Wildman–Crippen MR) is 129 cm³/mol. The summed E-state index contributed by atoms with van der Waals surface area (Å²) in [4.78, 5) is 24.7. The van der Waals surface area contributed by atoms with Gasteiger partial charge in [-0.2, -0.15) is 0 Å². The van der Waals surface area contributed by atoms with Crippen molar-refractivity contribution in [3.63, 3.8) is 0 Å². The van der Waals surface area contributed by atoms with E-state index in [0.29, 0.717) is 49.2 Å². The number of carbonyl (C=O) groups is 2. The molecule has 2 aromatic rings. The zero-order valence-corrected chi connectivity index (χ0v) is 20.2. The fraction of sp³-hybridized carbons (Fsp3) is 0.385. The Balaban J connectivity index is 1.27. The minimum absolute atomic E-state index is 0.400. The van der Waals surface area contributed by atoms with Gasteiger partial charge in [0.25, 0.3) is 0 Å². The van der Waals surface area contributed by atoms with E-state index in [1.807, 2.05) is 24.3 Å². The SMILES string of the molecule is COc1ccccc1OC1CNCC1OC(=O)/C=C/C(=O)OC1CNCC1Oc1ccccc1OC. The van der Waals surface area contributed by atoms with Crippen molar-refractivity contribution in [2.75, 3.05) is 40.4 Å². The van der Waals surface area contributed by atoms with Gasteiger partial charge in [0.2, 0.25) is 0 Å². The van der Waals surface area contributed by atoms with Gasteiger partial charge in [0, 0.05) is 38.3 Å². The van der Waals surface area contributed by atoms with Gasteiger partial charge in [-0.25, -0.2) is 9.59 Å². The van der Waals surface area contributed by atoms with E-state index in [-0.39, 0.29) is 0 Å². The number of rotatable bonds is 10. The van der Waals surface area contributed by atoms with Crippen LogP contribution in [0, 0.1) is 0 Å². The fourth-order valence-electron chi connectivity index (χ4n) is 4.00. The number of carbonyl (C=O) groups excluding carboxylic acids is 2. The molecule has 2 heterocycles. The summed E-state index contributed by atoms with van der Waals surface area (Å²) in [6, 6.07) is 14.5. The number of para-hydroxylation sites is 4. The summed E-state index contributed by atoms with van der Waals surface area (Å²) in [6.07, 6.45) is 0.256. The number of benzene rings is 2. The fourth-order valence-corrected chi connectivity index (χ4v) is 4.00. The third-order valence-corrected chi connectivity index (χ3v) is 5.80. The Hall–Kier alpha value is -3.76. The molecule has 0 aromatic heterocycles. The highest BCUT2D eigenvalue weighted by atomic mass is 16.6. The topological polar surface area (TPSA) is 114 Å². The third-order valence-electron chi connectivity index (χ3n) is 5.80. The molecule has 0 spiro atoms. The molecule has 10 nitrogen and oxygen atoms in total. The molecule has 2 fully saturated rings. The van der Waals surface area contributed by atoms with Crippen molar-refractivity contribution in [2.24, 2.45) is 0 Å². The highest BCUT2D eigenvalue weighted by Gasteiger charge is 2.34. The second-order valence-corrected chi connectivity index (χ2v) is 8.21. The predicted octanol–water partition coefficient (Wildman–Crippen LogP) is 1.49. The van der Waals surface area contributed by atoms with Crippen LogP contribution in [0.15, 0.2) is 60.7 Å². The standard InChI is InChI=1S/C26H30N2O8/c1-31-17-7-3-5-9-19(17)33-21-13-27-15-23(21)35-25(29)11-12-26(30)36-24-16-28-14-22(24)34-20-10-6-4-8-18(20)32-2/h3-12,21-24,27-28H,13-16H2,1-2H3/b12-11+. The highest BCUT2D eigenvalue weighted by Crippen LogP contribution is 2.29. The number of esters is 2. The van der Waals surface area contributed by atoms with Crippen molar-refractivity contribution in [2.45, 2.75) is 24.4 Å².